The quantitative estimate of drug-likeness (QED) is 0.644. The molecule has 2 N–H and O–H groups in total. The average molecular weight is 473 g/mol. The van der Waals surface area contributed by atoms with Crippen LogP contribution in [0.1, 0.15) is 18.9 Å². The fourth-order valence-corrected chi connectivity index (χ4v) is 5.98. The molecule has 4 rings (SSSR count). The molecule has 0 radical (unpaired) electrons. The molecule has 33 heavy (non-hydrogen) atoms. The van der Waals surface area contributed by atoms with E-state index in [0.29, 0.717) is 37.6 Å². The van der Waals surface area contributed by atoms with Crippen LogP contribution in [0.25, 0.3) is 0 Å². The summed E-state index contributed by atoms with van der Waals surface area (Å²) in [7, 11) is -3.64. The number of carbonyl (C=O) groups excluding carboxylic acids is 1. The summed E-state index contributed by atoms with van der Waals surface area (Å²) in [6, 6.07) is 15.1. The molecule has 0 spiro atoms. The number of amides is 1. The highest BCUT2D eigenvalue weighted by Gasteiger charge is 2.31. The molecule has 2 aliphatic rings. The zero-order chi connectivity index (χ0) is 23.4. The molecule has 2 aromatic rings. The summed E-state index contributed by atoms with van der Waals surface area (Å²) in [5.74, 6) is -0.145. The summed E-state index contributed by atoms with van der Waals surface area (Å²) in [6.07, 6.45) is 0.957. The highest BCUT2D eigenvalue weighted by molar-refractivity contribution is 7.89. The number of hydrogen-bond donors (Lipinski definition) is 2. The molecular weight excluding hydrogens is 440 g/mol. The Morgan fingerprint density at radius 2 is 1.79 bits per heavy atom. The van der Waals surface area contributed by atoms with E-state index >= 15 is 0 Å². The molecule has 2 heterocycles. The van der Waals surface area contributed by atoms with E-state index in [2.05, 4.69) is 15.5 Å². The van der Waals surface area contributed by atoms with Crippen LogP contribution < -0.4 is 10.6 Å². The molecule has 0 saturated carbocycles. The van der Waals surface area contributed by atoms with Crippen LogP contribution in [0, 0.1) is 6.92 Å². The van der Waals surface area contributed by atoms with Gasteiger partial charge in [-0.3, -0.25) is 9.69 Å². The number of aryl methyl sites for hydroxylation is 1. The molecule has 0 bridgehead atoms. The van der Waals surface area contributed by atoms with Crippen LogP contribution in [0.3, 0.4) is 0 Å². The SMILES string of the molecule is Cc1ccc(NC(=O)[C@H](C)N2CC[C@@H](Nc3ccccc3)C2)cc1S(=O)(=O)N1CCOCC1. The molecule has 2 aliphatic heterocycles. The van der Waals surface area contributed by atoms with Crippen molar-refractivity contribution < 1.29 is 17.9 Å². The second-order valence-corrected chi connectivity index (χ2v) is 10.6. The van der Waals surface area contributed by atoms with E-state index in [0.717, 1.165) is 25.2 Å². The fourth-order valence-electron chi connectivity index (χ4n) is 4.32. The normalized spacial score (nSPS) is 21.0. The molecular formula is C24H32N4O4S. The van der Waals surface area contributed by atoms with E-state index in [1.807, 2.05) is 37.3 Å². The number of sulfonamides is 1. The first-order chi connectivity index (χ1) is 15.8. The predicted molar refractivity (Wildman–Crippen MR) is 129 cm³/mol. The maximum absolute atomic E-state index is 13.1. The van der Waals surface area contributed by atoms with Crippen molar-refractivity contribution in [3.63, 3.8) is 0 Å². The first-order valence-electron chi connectivity index (χ1n) is 11.4. The zero-order valence-electron chi connectivity index (χ0n) is 19.2. The second-order valence-electron chi connectivity index (χ2n) is 8.65. The number of ether oxygens (including phenoxy) is 1. The van der Waals surface area contributed by atoms with Crippen LogP contribution in [-0.4, -0.2) is 75.0 Å². The summed E-state index contributed by atoms with van der Waals surface area (Å²) < 4.78 is 33.0. The summed E-state index contributed by atoms with van der Waals surface area (Å²) in [4.78, 5) is 15.3. The molecule has 2 saturated heterocycles. The third-order valence-corrected chi connectivity index (χ3v) is 8.38. The molecule has 9 heteroatoms. The van der Waals surface area contributed by atoms with Crippen LogP contribution in [0.5, 0.6) is 0 Å². The van der Waals surface area contributed by atoms with E-state index < -0.39 is 10.0 Å². The van der Waals surface area contributed by atoms with E-state index in [-0.39, 0.29) is 22.9 Å². The molecule has 2 fully saturated rings. The van der Waals surface area contributed by atoms with E-state index in [1.165, 1.54) is 4.31 Å². The van der Waals surface area contributed by atoms with E-state index in [4.69, 9.17) is 4.74 Å². The first-order valence-corrected chi connectivity index (χ1v) is 12.8. The Bertz CT molecular complexity index is 1070. The minimum Gasteiger partial charge on any atom is -0.381 e. The monoisotopic (exact) mass is 472 g/mol. The third kappa shape index (κ3) is 5.55. The largest absolute Gasteiger partial charge is 0.381 e. The van der Waals surface area contributed by atoms with Crippen molar-refractivity contribution in [3.8, 4) is 0 Å². The molecule has 8 nitrogen and oxygen atoms in total. The Balaban J connectivity index is 1.39. The van der Waals surface area contributed by atoms with Gasteiger partial charge in [-0.05, 0) is 50.1 Å². The maximum atomic E-state index is 13.1. The van der Waals surface area contributed by atoms with Crippen LogP contribution in [0.15, 0.2) is 53.4 Å². The van der Waals surface area contributed by atoms with Crippen molar-refractivity contribution in [2.75, 3.05) is 50.0 Å². The van der Waals surface area contributed by atoms with Crippen LogP contribution in [0.2, 0.25) is 0 Å². The van der Waals surface area contributed by atoms with Crippen molar-refractivity contribution in [1.29, 1.82) is 0 Å². The Morgan fingerprint density at radius 3 is 2.52 bits per heavy atom. The lowest BCUT2D eigenvalue weighted by atomic mass is 10.2. The Kier molecular flexibility index (Phi) is 7.33. The highest BCUT2D eigenvalue weighted by Crippen LogP contribution is 2.25. The predicted octanol–water partition coefficient (Wildman–Crippen LogP) is 2.53. The number of para-hydroxylation sites is 1. The van der Waals surface area contributed by atoms with Gasteiger partial charge in [-0.15, -0.1) is 0 Å². The highest BCUT2D eigenvalue weighted by atomic mass is 32.2. The smallest absolute Gasteiger partial charge is 0.243 e. The number of benzene rings is 2. The van der Waals surface area contributed by atoms with Crippen LogP contribution in [0.4, 0.5) is 11.4 Å². The number of nitrogens with one attached hydrogen (secondary N) is 2. The molecule has 0 unspecified atom stereocenters. The van der Waals surface area contributed by atoms with Gasteiger partial charge in [-0.25, -0.2) is 8.42 Å². The fraction of sp³-hybridized carbons (Fsp3) is 0.458. The van der Waals surface area contributed by atoms with Gasteiger partial charge in [0.2, 0.25) is 15.9 Å². The molecule has 178 valence electrons. The molecule has 2 atom stereocenters. The van der Waals surface area contributed by atoms with Crippen LogP contribution >= 0.6 is 0 Å². The van der Waals surface area contributed by atoms with Gasteiger partial charge in [0.15, 0.2) is 0 Å². The number of carbonyl (C=O) groups is 1. The Hall–Kier alpha value is -2.46. The van der Waals surface area contributed by atoms with Crippen molar-refractivity contribution in [3.05, 3.63) is 54.1 Å². The zero-order valence-corrected chi connectivity index (χ0v) is 20.0. The summed E-state index contributed by atoms with van der Waals surface area (Å²) in [6.45, 7) is 6.71. The molecule has 2 aromatic carbocycles. The van der Waals surface area contributed by atoms with Gasteiger partial charge in [0.25, 0.3) is 0 Å². The van der Waals surface area contributed by atoms with Gasteiger partial charge in [-0.2, -0.15) is 4.31 Å². The standard InChI is InChI=1S/C24H32N4O4S/c1-18-8-9-21(16-23(18)33(30,31)28-12-14-32-15-13-28)26-24(29)19(2)27-11-10-22(17-27)25-20-6-4-3-5-7-20/h3-9,16,19,22,25H,10-15,17H2,1-2H3,(H,26,29)/t19-,22+/m0/s1. The van der Waals surface area contributed by atoms with Gasteiger partial charge >= 0.3 is 0 Å². The van der Waals surface area contributed by atoms with Gasteiger partial charge in [0.05, 0.1) is 24.2 Å². The topological polar surface area (TPSA) is 91.0 Å². The van der Waals surface area contributed by atoms with Crippen molar-refractivity contribution in [2.45, 2.75) is 37.2 Å². The Morgan fingerprint density at radius 1 is 1.06 bits per heavy atom. The van der Waals surface area contributed by atoms with Gasteiger partial charge in [-0.1, -0.05) is 24.3 Å². The maximum Gasteiger partial charge on any atom is 0.243 e. The van der Waals surface area contributed by atoms with Crippen molar-refractivity contribution in [1.82, 2.24) is 9.21 Å². The first kappa shape index (κ1) is 23.7. The Labute approximate surface area is 196 Å². The van der Waals surface area contributed by atoms with Gasteiger partial charge < -0.3 is 15.4 Å². The van der Waals surface area contributed by atoms with Crippen LogP contribution in [-0.2, 0) is 19.6 Å². The lowest BCUT2D eigenvalue weighted by molar-refractivity contribution is -0.120. The number of morpholine rings is 1. The van der Waals surface area contributed by atoms with Gasteiger partial charge in [0.1, 0.15) is 0 Å². The number of hydrogen-bond acceptors (Lipinski definition) is 6. The second kappa shape index (κ2) is 10.2. The number of anilines is 2. The van der Waals surface area contributed by atoms with Crippen molar-refractivity contribution in [2.24, 2.45) is 0 Å². The van der Waals surface area contributed by atoms with Crippen molar-refractivity contribution >= 4 is 27.3 Å². The third-order valence-electron chi connectivity index (χ3n) is 6.33. The molecule has 0 aromatic heterocycles. The minimum atomic E-state index is -3.64. The minimum absolute atomic E-state index is 0.145. The van der Waals surface area contributed by atoms with E-state index in [1.54, 1.807) is 25.1 Å². The number of nitrogens with zero attached hydrogens (tertiary/aromatic N) is 2. The van der Waals surface area contributed by atoms with Gasteiger partial charge in [0, 0.05) is 43.6 Å². The lowest BCUT2D eigenvalue weighted by Gasteiger charge is -2.27. The number of likely N-dealkylation sites (tertiary alicyclic amines) is 1. The molecule has 0 aliphatic carbocycles. The summed E-state index contributed by atoms with van der Waals surface area (Å²) in [5.41, 5.74) is 2.22. The molecule has 1 amide bonds. The summed E-state index contributed by atoms with van der Waals surface area (Å²) >= 11 is 0. The van der Waals surface area contributed by atoms with E-state index in [9.17, 15) is 13.2 Å². The summed E-state index contributed by atoms with van der Waals surface area (Å²) in [5, 5.41) is 6.44. The lowest BCUT2D eigenvalue weighted by Crippen LogP contribution is -2.42. The number of rotatable bonds is 7. The average Bonchev–Trinajstić information content (AvgIpc) is 3.29.